The van der Waals surface area contributed by atoms with Crippen molar-refractivity contribution in [1.29, 1.82) is 0 Å². The summed E-state index contributed by atoms with van der Waals surface area (Å²) in [6.45, 7) is 1.78. The molecule has 0 aliphatic carbocycles. The van der Waals surface area contributed by atoms with E-state index in [0.29, 0.717) is 29.2 Å². The standard InChI is InChI=1S/C19H17BrN4O2/c1-2-18(25)21-14-4-3-5-15(10-14)22-19(26)17-11-16(23-24-17)12-6-8-13(20)9-7-12/h3-11H,2H2,1H3,(H,21,25)(H,22,26)(H,23,24). The summed E-state index contributed by atoms with van der Waals surface area (Å²) < 4.78 is 0.977. The number of amides is 2. The Kier molecular flexibility index (Phi) is 5.48. The Balaban J connectivity index is 1.71. The van der Waals surface area contributed by atoms with Crippen LogP contribution in [0.15, 0.2) is 59.1 Å². The van der Waals surface area contributed by atoms with Crippen molar-refractivity contribution >= 4 is 39.1 Å². The maximum atomic E-state index is 12.4. The van der Waals surface area contributed by atoms with Crippen molar-refractivity contribution in [2.45, 2.75) is 13.3 Å². The van der Waals surface area contributed by atoms with Gasteiger partial charge in [0.25, 0.3) is 5.91 Å². The first-order valence-electron chi connectivity index (χ1n) is 8.08. The van der Waals surface area contributed by atoms with E-state index in [1.807, 2.05) is 24.3 Å². The topological polar surface area (TPSA) is 86.9 Å². The maximum absolute atomic E-state index is 12.4. The number of anilines is 2. The van der Waals surface area contributed by atoms with Gasteiger partial charge < -0.3 is 10.6 Å². The number of benzene rings is 2. The average molecular weight is 413 g/mol. The largest absolute Gasteiger partial charge is 0.326 e. The Labute approximate surface area is 159 Å². The van der Waals surface area contributed by atoms with E-state index in [1.54, 1.807) is 37.3 Å². The molecule has 0 aliphatic heterocycles. The Morgan fingerprint density at radius 2 is 1.73 bits per heavy atom. The second-order valence-corrected chi connectivity index (χ2v) is 6.53. The fraction of sp³-hybridized carbons (Fsp3) is 0.105. The van der Waals surface area contributed by atoms with Crippen molar-refractivity contribution in [1.82, 2.24) is 10.2 Å². The summed E-state index contributed by atoms with van der Waals surface area (Å²) in [7, 11) is 0. The van der Waals surface area contributed by atoms with Gasteiger partial charge in [0.2, 0.25) is 5.91 Å². The zero-order valence-corrected chi connectivity index (χ0v) is 15.6. The van der Waals surface area contributed by atoms with Gasteiger partial charge in [-0.2, -0.15) is 5.10 Å². The van der Waals surface area contributed by atoms with Crippen LogP contribution in [0.1, 0.15) is 23.8 Å². The van der Waals surface area contributed by atoms with Gasteiger partial charge in [0.15, 0.2) is 0 Å². The molecule has 3 aromatic rings. The van der Waals surface area contributed by atoms with E-state index in [1.165, 1.54) is 0 Å². The third kappa shape index (κ3) is 4.37. The van der Waals surface area contributed by atoms with Crippen LogP contribution in [0.3, 0.4) is 0 Å². The Hall–Kier alpha value is -2.93. The molecule has 6 nitrogen and oxygen atoms in total. The van der Waals surface area contributed by atoms with Crippen molar-refractivity contribution < 1.29 is 9.59 Å². The highest BCUT2D eigenvalue weighted by Crippen LogP contribution is 2.21. The molecule has 26 heavy (non-hydrogen) atoms. The third-order valence-corrected chi connectivity index (χ3v) is 4.22. The molecule has 2 aromatic carbocycles. The number of rotatable bonds is 5. The molecule has 0 aliphatic rings. The molecule has 0 spiro atoms. The molecule has 0 atom stereocenters. The first kappa shape index (κ1) is 17.9. The number of nitrogens with zero attached hydrogens (tertiary/aromatic N) is 1. The molecule has 2 amide bonds. The summed E-state index contributed by atoms with van der Waals surface area (Å²) in [5.74, 6) is -0.388. The van der Waals surface area contributed by atoms with Crippen molar-refractivity contribution in [3.05, 3.63) is 64.8 Å². The molecule has 0 saturated carbocycles. The van der Waals surface area contributed by atoms with Gasteiger partial charge in [-0.15, -0.1) is 0 Å². The first-order valence-corrected chi connectivity index (χ1v) is 8.87. The van der Waals surface area contributed by atoms with E-state index in [9.17, 15) is 9.59 Å². The molecule has 0 unspecified atom stereocenters. The molecule has 3 rings (SSSR count). The summed E-state index contributed by atoms with van der Waals surface area (Å²) in [6.07, 6.45) is 0.392. The van der Waals surface area contributed by atoms with Gasteiger partial charge in [0.05, 0.1) is 5.69 Å². The summed E-state index contributed by atoms with van der Waals surface area (Å²) >= 11 is 3.39. The second kappa shape index (κ2) is 7.97. The SMILES string of the molecule is CCC(=O)Nc1cccc(NC(=O)c2cc(-c3ccc(Br)cc3)n[nH]2)c1. The number of H-pyrrole nitrogens is 1. The normalized spacial score (nSPS) is 10.4. The van der Waals surface area contributed by atoms with Crippen LogP contribution in [0.25, 0.3) is 11.3 Å². The van der Waals surface area contributed by atoms with Gasteiger partial charge in [-0.25, -0.2) is 0 Å². The van der Waals surface area contributed by atoms with E-state index >= 15 is 0 Å². The lowest BCUT2D eigenvalue weighted by atomic mass is 10.1. The van der Waals surface area contributed by atoms with E-state index in [2.05, 4.69) is 36.8 Å². The predicted octanol–water partition coefficient (Wildman–Crippen LogP) is 4.44. The highest BCUT2D eigenvalue weighted by molar-refractivity contribution is 9.10. The number of hydrogen-bond acceptors (Lipinski definition) is 3. The number of aromatic amines is 1. The quantitative estimate of drug-likeness (QED) is 0.578. The number of hydrogen-bond donors (Lipinski definition) is 3. The minimum atomic E-state index is -0.306. The average Bonchev–Trinajstić information content (AvgIpc) is 3.13. The van der Waals surface area contributed by atoms with Crippen LogP contribution in [0.2, 0.25) is 0 Å². The van der Waals surface area contributed by atoms with Gasteiger partial charge in [-0.1, -0.05) is 41.1 Å². The highest BCUT2D eigenvalue weighted by atomic mass is 79.9. The minimum Gasteiger partial charge on any atom is -0.326 e. The van der Waals surface area contributed by atoms with E-state index in [4.69, 9.17) is 0 Å². The Morgan fingerprint density at radius 1 is 1.04 bits per heavy atom. The van der Waals surface area contributed by atoms with Gasteiger partial charge in [-0.05, 0) is 36.4 Å². The lowest BCUT2D eigenvalue weighted by Crippen LogP contribution is -2.13. The fourth-order valence-electron chi connectivity index (χ4n) is 2.33. The van der Waals surface area contributed by atoms with Crippen LogP contribution in [0.4, 0.5) is 11.4 Å². The van der Waals surface area contributed by atoms with Gasteiger partial charge in [0.1, 0.15) is 5.69 Å². The Bertz CT molecular complexity index is 935. The number of carbonyl (C=O) groups excluding carboxylic acids is 2. The third-order valence-electron chi connectivity index (χ3n) is 3.69. The minimum absolute atomic E-state index is 0.0822. The van der Waals surface area contributed by atoms with Gasteiger partial charge >= 0.3 is 0 Å². The Morgan fingerprint density at radius 3 is 2.42 bits per heavy atom. The van der Waals surface area contributed by atoms with Crippen molar-refractivity contribution in [2.75, 3.05) is 10.6 Å². The predicted molar refractivity (Wildman–Crippen MR) is 105 cm³/mol. The molecular formula is C19H17BrN4O2. The molecule has 1 aromatic heterocycles. The monoisotopic (exact) mass is 412 g/mol. The van der Waals surface area contributed by atoms with E-state index in [-0.39, 0.29) is 11.8 Å². The molecule has 0 fully saturated rings. The van der Waals surface area contributed by atoms with Crippen LogP contribution in [0.5, 0.6) is 0 Å². The molecule has 0 saturated heterocycles. The molecule has 7 heteroatoms. The molecule has 1 heterocycles. The van der Waals surface area contributed by atoms with Gasteiger partial charge in [-0.3, -0.25) is 14.7 Å². The molecule has 3 N–H and O–H groups in total. The van der Waals surface area contributed by atoms with Gasteiger partial charge in [0, 0.05) is 27.8 Å². The second-order valence-electron chi connectivity index (χ2n) is 5.61. The summed E-state index contributed by atoms with van der Waals surface area (Å²) in [4.78, 5) is 23.9. The van der Waals surface area contributed by atoms with Crippen LogP contribution in [0, 0.1) is 0 Å². The lowest BCUT2D eigenvalue weighted by molar-refractivity contribution is -0.115. The smallest absolute Gasteiger partial charge is 0.273 e. The van der Waals surface area contributed by atoms with Crippen molar-refractivity contribution in [2.24, 2.45) is 0 Å². The van der Waals surface area contributed by atoms with Crippen LogP contribution < -0.4 is 10.6 Å². The number of halogens is 1. The molecule has 0 radical (unpaired) electrons. The van der Waals surface area contributed by atoms with Crippen LogP contribution in [-0.2, 0) is 4.79 Å². The number of nitrogens with one attached hydrogen (secondary N) is 3. The zero-order chi connectivity index (χ0) is 18.5. The molecular weight excluding hydrogens is 396 g/mol. The van der Waals surface area contributed by atoms with E-state index in [0.717, 1.165) is 10.0 Å². The highest BCUT2D eigenvalue weighted by Gasteiger charge is 2.12. The molecule has 132 valence electrons. The summed E-state index contributed by atoms with van der Waals surface area (Å²) in [5, 5.41) is 12.5. The summed E-state index contributed by atoms with van der Waals surface area (Å²) in [5.41, 5.74) is 3.17. The maximum Gasteiger partial charge on any atom is 0.273 e. The zero-order valence-electron chi connectivity index (χ0n) is 14.0. The number of carbonyl (C=O) groups is 2. The van der Waals surface area contributed by atoms with Crippen molar-refractivity contribution in [3.8, 4) is 11.3 Å². The molecule has 0 bridgehead atoms. The first-order chi connectivity index (χ1) is 12.5. The number of aromatic nitrogens is 2. The van der Waals surface area contributed by atoms with Crippen LogP contribution in [-0.4, -0.2) is 22.0 Å². The summed E-state index contributed by atoms with van der Waals surface area (Å²) in [6, 6.07) is 16.4. The van der Waals surface area contributed by atoms with E-state index < -0.39 is 0 Å². The lowest BCUT2D eigenvalue weighted by Gasteiger charge is -2.07. The fourth-order valence-corrected chi connectivity index (χ4v) is 2.59. The van der Waals surface area contributed by atoms with Crippen molar-refractivity contribution in [3.63, 3.8) is 0 Å². The van der Waals surface area contributed by atoms with Crippen LogP contribution >= 0.6 is 15.9 Å².